The molecule has 1 rings (SSSR count). The molecule has 0 aromatic carbocycles. The molecule has 1 aliphatic rings. The summed E-state index contributed by atoms with van der Waals surface area (Å²) in [5, 5.41) is 0. The zero-order chi connectivity index (χ0) is 12.2. The van der Waals surface area contributed by atoms with Crippen molar-refractivity contribution in [3.05, 3.63) is 0 Å². The number of hydrogen-bond acceptors (Lipinski definition) is 1. The highest BCUT2D eigenvalue weighted by molar-refractivity contribution is 4.75. The van der Waals surface area contributed by atoms with E-state index >= 15 is 0 Å². The van der Waals surface area contributed by atoms with Crippen LogP contribution >= 0.6 is 0 Å². The maximum absolute atomic E-state index is 6.33. The molecule has 1 heteroatoms. The van der Waals surface area contributed by atoms with Crippen molar-refractivity contribution >= 4 is 0 Å². The maximum atomic E-state index is 6.33. The van der Waals surface area contributed by atoms with Gasteiger partial charge < -0.3 is 4.74 Å². The average Bonchev–Trinajstić information content (AvgIpc) is 2.16. The lowest BCUT2D eigenvalue weighted by atomic mass is 9.85. The highest BCUT2D eigenvalue weighted by Crippen LogP contribution is 2.30. The van der Waals surface area contributed by atoms with Crippen molar-refractivity contribution in [1.82, 2.24) is 0 Å². The van der Waals surface area contributed by atoms with Crippen LogP contribution in [0, 0.1) is 11.3 Å². The van der Waals surface area contributed by atoms with E-state index in [1.165, 1.54) is 38.5 Å². The first-order valence-electron chi connectivity index (χ1n) is 7.04. The molecule has 0 heterocycles. The van der Waals surface area contributed by atoms with Gasteiger partial charge in [-0.15, -0.1) is 0 Å². The van der Waals surface area contributed by atoms with Gasteiger partial charge in [0.05, 0.1) is 12.2 Å². The van der Waals surface area contributed by atoms with Crippen LogP contribution in [0.5, 0.6) is 0 Å². The highest BCUT2D eigenvalue weighted by Gasteiger charge is 2.25. The molecule has 0 amide bonds. The third-order valence-corrected chi connectivity index (χ3v) is 3.48. The van der Waals surface area contributed by atoms with Crippen molar-refractivity contribution in [2.75, 3.05) is 0 Å². The van der Waals surface area contributed by atoms with Crippen LogP contribution in [0.1, 0.15) is 73.1 Å². The van der Waals surface area contributed by atoms with E-state index in [1.807, 2.05) is 0 Å². The third-order valence-electron chi connectivity index (χ3n) is 3.48. The summed E-state index contributed by atoms with van der Waals surface area (Å²) >= 11 is 0. The Bertz CT molecular complexity index is 184. The van der Waals surface area contributed by atoms with Crippen LogP contribution in [0.15, 0.2) is 0 Å². The van der Waals surface area contributed by atoms with Gasteiger partial charge in [0, 0.05) is 0 Å². The molecule has 0 aliphatic heterocycles. The quantitative estimate of drug-likeness (QED) is 0.669. The highest BCUT2D eigenvalue weighted by atomic mass is 16.5. The molecule has 1 saturated carbocycles. The lowest BCUT2D eigenvalue weighted by Gasteiger charge is -2.33. The minimum atomic E-state index is 0.379. The minimum absolute atomic E-state index is 0.379. The van der Waals surface area contributed by atoms with Gasteiger partial charge in [-0.25, -0.2) is 0 Å². The van der Waals surface area contributed by atoms with E-state index in [4.69, 9.17) is 4.74 Å². The topological polar surface area (TPSA) is 9.23 Å². The second-order valence-electron chi connectivity index (χ2n) is 6.94. The van der Waals surface area contributed by atoms with Gasteiger partial charge in [0.2, 0.25) is 0 Å². The molecule has 0 saturated heterocycles. The van der Waals surface area contributed by atoms with Crippen LogP contribution in [0.2, 0.25) is 0 Å². The van der Waals surface area contributed by atoms with E-state index in [0.717, 1.165) is 0 Å². The Morgan fingerprint density at radius 1 is 1.06 bits per heavy atom. The Balaban J connectivity index is 2.43. The van der Waals surface area contributed by atoms with E-state index in [2.05, 4.69) is 34.6 Å². The first-order chi connectivity index (χ1) is 7.38. The first-order valence-corrected chi connectivity index (χ1v) is 7.04. The van der Waals surface area contributed by atoms with Crippen molar-refractivity contribution in [1.29, 1.82) is 0 Å². The Labute approximate surface area is 102 Å². The van der Waals surface area contributed by atoms with Gasteiger partial charge in [0.1, 0.15) is 0 Å². The molecule has 0 bridgehead atoms. The third kappa shape index (κ3) is 5.34. The van der Waals surface area contributed by atoms with Gasteiger partial charge in [-0.2, -0.15) is 0 Å². The lowest BCUT2D eigenvalue weighted by Crippen LogP contribution is -2.31. The van der Waals surface area contributed by atoms with Gasteiger partial charge in [-0.1, -0.05) is 53.9 Å². The van der Waals surface area contributed by atoms with Crippen LogP contribution in [-0.4, -0.2) is 12.2 Å². The normalized spacial score (nSPS) is 21.4. The summed E-state index contributed by atoms with van der Waals surface area (Å²) in [7, 11) is 0. The largest absolute Gasteiger partial charge is 0.375 e. The fraction of sp³-hybridized carbons (Fsp3) is 1.00. The molecule has 0 radical (unpaired) electrons. The average molecular weight is 226 g/mol. The molecule has 1 atom stereocenters. The van der Waals surface area contributed by atoms with Gasteiger partial charge >= 0.3 is 0 Å². The van der Waals surface area contributed by atoms with Crippen molar-refractivity contribution in [2.24, 2.45) is 11.3 Å². The van der Waals surface area contributed by atoms with Crippen LogP contribution in [0.3, 0.4) is 0 Å². The lowest BCUT2D eigenvalue weighted by molar-refractivity contribution is -0.0667. The summed E-state index contributed by atoms with van der Waals surface area (Å²) in [6.45, 7) is 11.5. The summed E-state index contributed by atoms with van der Waals surface area (Å²) in [5.41, 5.74) is 0.379. The summed E-state index contributed by atoms with van der Waals surface area (Å²) in [6.07, 6.45) is 8.88. The molecule has 1 fully saturated rings. The molecule has 0 N–H and O–H groups in total. The zero-order valence-electron chi connectivity index (χ0n) is 11.9. The summed E-state index contributed by atoms with van der Waals surface area (Å²) in [4.78, 5) is 0. The number of rotatable bonds is 4. The van der Waals surface area contributed by atoms with Crippen molar-refractivity contribution < 1.29 is 4.74 Å². The standard InChI is InChI=1S/C15H30O/c1-12(2)14(11-15(3,4)5)16-13-9-7-6-8-10-13/h12-14H,6-11H2,1-5H3. The smallest absolute Gasteiger partial charge is 0.0606 e. The Morgan fingerprint density at radius 2 is 1.62 bits per heavy atom. The molecule has 1 unspecified atom stereocenters. The van der Waals surface area contributed by atoms with E-state index < -0.39 is 0 Å². The molecular weight excluding hydrogens is 196 g/mol. The van der Waals surface area contributed by atoms with E-state index in [1.54, 1.807) is 0 Å². The molecule has 0 spiro atoms. The molecule has 96 valence electrons. The monoisotopic (exact) mass is 226 g/mol. The number of ether oxygens (including phenoxy) is 1. The molecular formula is C15H30O. The van der Waals surface area contributed by atoms with Crippen LogP contribution in [-0.2, 0) is 4.74 Å². The van der Waals surface area contributed by atoms with Crippen molar-refractivity contribution in [3.8, 4) is 0 Å². The molecule has 1 nitrogen and oxygen atoms in total. The van der Waals surface area contributed by atoms with Crippen molar-refractivity contribution in [2.45, 2.75) is 85.4 Å². The SMILES string of the molecule is CC(C)C(CC(C)(C)C)OC1CCCCC1. The first kappa shape index (κ1) is 14.0. The maximum Gasteiger partial charge on any atom is 0.0606 e. The van der Waals surface area contributed by atoms with E-state index in [9.17, 15) is 0 Å². The van der Waals surface area contributed by atoms with Gasteiger partial charge in [0.25, 0.3) is 0 Å². The summed E-state index contributed by atoms with van der Waals surface area (Å²) < 4.78 is 6.33. The predicted octanol–water partition coefficient (Wildman–Crippen LogP) is 4.80. The van der Waals surface area contributed by atoms with Crippen molar-refractivity contribution in [3.63, 3.8) is 0 Å². The van der Waals surface area contributed by atoms with Gasteiger partial charge in [-0.3, -0.25) is 0 Å². The van der Waals surface area contributed by atoms with Crippen LogP contribution in [0.4, 0.5) is 0 Å². The predicted molar refractivity (Wildman–Crippen MR) is 70.7 cm³/mol. The Hall–Kier alpha value is -0.0400. The Morgan fingerprint density at radius 3 is 2.06 bits per heavy atom. The minimum Gasteiger partial charge on any atom is -0.375 e. The Kier molecular flexibility index (Phi) is 5.30. The molecule has 0 aromatic rings. The molecule has 1 aliphatic carbocycles. The van der Waals surface area contributed by atoms with Gasteiger partial charge in [0.15, 0.2) is 0 Å². The second kappa shape index (κ2) is 6.05. The van der Waals surface area contributed by atoms with Crippen LogP contribution < -0.4 is 0 Å². The van der Waals surface area contributed by atoms with E-state index in [-0.39, 0.29) is 0 Å². The number of hydrogen-bond donors (Lipinski definition) is 0. The summed E-state index contributed by atoms with van der Waals surface area (Å²) in [5.74, 6) is 0.640. The second-order valence-corrected chi connectivity index (χ2v) is 6.94. The zero-order valence-corrected chi connectivity index (χ0v) is 11.9. The summed E-state index contributed by atoms with van der Waals surface area (Å²) in [6, 6.07) is 0. The molecule has 16 heavy (non-hydrogen) atoms. The van der Waals surface area contributed by atoms with Crippen LogP contribution in [0.25, 0.3) is 0 Å². The molecule has 0 aromatic heterocycles. The van der Waals surface area contributed by atoms with E-state index in [0.29, 0.717) is 23.5 Å². The fourth-order valence-corrected chi connectivity index (χ4v) is 2.49. The van der Waals surface area contributed by atoms with Gasteiger partial charge in [-0.05, 0) is 30.6 Å². The fourth-order valence-electron chi connectivity index (χ4n) is 2.49.